The number of benzene rings is 1. The summed E-state index contributed by atoms with van der Waals surface area (Å²) in [6, 6.07) is 14.2. The molecule has 6 heteroatoms. The lowest BCUT2D eigenvalue weighted by atomic mass is 10.1. The molecule has 1 aromatic carbocycles. The molecule has 0 aliphatic carbocycles. The van der Waals surface area contributed by atoms with Gasteiger partial charge in [0.05, 0.1) is 12.8 Å². The lowest BCUT2D eigenvalue weighted by Crippen LogP contribution is -2.25. The number of nitrogens with zero attached hydrogens (tertiary/aromatic N) is 1. The fourth-order valence-corrected chi connectivity index (χ4v) is 2.74. The molecule has 2 N–H and O–H groups in total. The summed E-state index contributed by atoms with van der Waals surface area (Å²) in [7, 11) is 0. The summed E-state index contributed by atoms with van der Waals surface area (Å²) >= 11 is 0. The van der Waals surface area contributed by atoms with Gasteiger partial charge in [-0.1, -0.05) is 31.2 Å². The summed E-state index contributed by atoms with van der Waals surface area (Å²) in [6.07, 6.45) is 2.35. The SMILES string of the molecule is CCc1cccc(C)c1NC(=O)c1cccc(C(=O)NCc2ccco2)n1. The van der Waals surface area contributed by atoms with E-state index in [9.17, 15) is 9.59 Å². The molecule has 0 aliphatic rings. The third-order valence-corrected chi connectivity index (χ3v) is 4.20. The van der Waals surface area contributed by atoms with Gasteiger partial charge in [-0.3, -0.25) is 9.59 Å². The van der Waals surface area contributed by atoms with Crippen molar-refractivity contribution in [3.63, 3.8) is 0 Å². The smallest absolute Gasteiger partial charge is 0.274 e. The van der Waals surface area contributed by atoms with E-state index in [0.717, 1.165) is 23.2 Å². The number of hydrogen-bond acceptors (Lipinski definition) is 4. The Labute approximate surface area is 157 Å². The molecule has 0 atom stereocenters. The Hall–Kier alpha value is -3.41. The highest BCUT2D eigenvalue weighted by Gasteiger charge is 2.15. The van der Waals surface area contributed by atoms with E-state index in [1.807, 2.05) is 32.0 Å². The Morgan fingerprint density at radius 1 is 1.00 bits per heavy atom. The Morgan fingerprint density at radius 3 is 2.44 bits per heavy atom. The third-order valence-electron chi connectivity index (χ3n) is 4.20. The highest BCUT2D eigenvalue weighted by atomic mass is 16.3. The molecular weight excluding hydrogens is 342 g/mol. The topological polar surface area (TPSA) is 84.2 Å². The van der Waals surface area contributed by atoms with E-state index < -0.39 is 0 Å². The number of carbonyl (C=O) groups is 2. The quantitative estimate of drug-likeness (QED) is 0.699. The predicted octanol–water partition coefficient (Wildman–Crippen LogP) is 3.73. The fraction of sp³-hybridized carbons (Fsp3) is 0.190. The van der Waals surface area contributed by atoms with Crippen molar-refractivity contribution in [2.75, 3.05) is 5.32 Å². The van der Waals surface area contributed by atoms with Crippen LogP contribution in [0.4, 0.5) is 5.69 Å². The number of pyridine rings is 1. The number of aryl methyl sites for hydroxylation is 2. The third kappa shape index (κ3) is 4.41. The van der Waals surface area contributed by atoms with Crippen molar-refractivity contribution in [2.45, 2.75) is 26.8 Å². The lowest BCUT2D eigenvalue weighted by Gasteiger charge is -2.13. The first-order valence-electron chi connectivity index (χ1n) is 8.76. The van der Waals surface area contributed by atoms with Crippen LogP contribution >= 0.6 is 0 Å². The van der Waals surface area contributed by atoms with Gasteiger partial charge < -0.3 is 15.1 Å². The molecule has 0 aliphatic heterocycles. The van der Waals surface area contributed by atoms with Gasteiger partial charge >= 0.3 is 0 Å². The van der Waals surface area contributed by atoms with Crippen LogP contribution in [0.15, 0.2) is 59.2 Å². The van der Waals surface area contributed by atoms with Crippen molar-refractivity contribution in [3.05, 3.63) is 83.1 Å². The molecule has 6 nitrogen and oxygen atoms in total. The second-order valence-electron chi connectivity index (χ2n) is 6.09. The van der Waals surface area contributed by atoms with Gasteiger partial charge in [0, 0.05) is 5.69 Å². The molecule has 0 saturated heterocycles. The highest BCUT2D eigenvalue weighted by molar-refractivity contribution is 6.04. The Bertz CT molecular complexity index is 949. The van der Waals surface area contributed by atoms with Gasteiger partial charge in [0.2, 0.25) is 0 Å². The molecule has 27 heavy (non-hydrogen) atoms. The Kier molecular flexibility index (Phi) is 5.66. The van der Waals surface area contributed by atoms with Gasteiger partial charge in [-0.15, -0.1) is 0 Å². The second-order valence-corrected chi connectivity index (χ2v) is 6.09. The molecule has 0 spiro atoms. The van der Waals surface area contributed by atoms with E-state index in [-0.39, 0.29) is 29.7 Å². The summed E-state index contributed by atoms with van der Waals surface area (Å²) < 4.78 is 5.18. The van der Waals surface area contributed by atoms with Crippen molar-refractivity contribution in [1.29, 1.82) is 0 Å². The average Bonchev–Trinajstić information content (AvgIpc) is 3.21. The van der Waals surface area contributed by atoms with E-state index >= 15 is 0 Å². The maximum atomic E-state index is 12.6. The predicted molar refractivity (Wildman–Crippen MR) is 103 cm³/mol. The standard InChI is InChI=1S/C21H21N3O3/c1-3-15-8-4-7-14(2)19(15)24-21(26)18-11-5-10-17(23-18)20(25)22-13-16-9-6-12-27-16/h4-12H,3,13H2,1-2H3,(H,22,25)(H,24,26). The van der Waals surface area contributed by atoms with E-state index in [4.69, 9.17) is 4.42 Å². The van der Waals surface area contributed by atoms with Crippen LogP contribution < -0.4 is 10.6 Å². The van der Waals surface area contributed by atoms with E-state index in [0.29, 0.717) is 5.76 Å². The van der Waals surface area contributed by atoms with E-state index in [2.05, 4.69) is 15.6 Å². The minimum Gasteiger partial charge on any atom is -0.467 e. The van der Waals surface area contributed by atoms with Crippen molar-refractivity contribution >= 4 is 17.5 Å². The summed E-state index contributed by atoms with van der Waals surface area (Å²) in [5.74, 6) is -0.0743. The minimum absolute atomic E-state index is 0.176. The summed E-state index contributed by atoms with van der Waals surface area (Å²) in [6.45, 7) is 4.24. The molecule has 2 aromatic heterocycles. The van der Waals surface area contributed by atoms with Crippen molar-refractivity contribution in [3.8, 4) is 0 Å². The number of anilines is 1. The van der Waals surface area contributed by atoms with E-state index in [1.54, 1.807) is 36.6 Å². The van der Waals surface area contributed by atoms with Crippen molar-refractivity contribution in [2.24, 2.45) is 0 Å². The molecule has 3 aromatic rings. The minimum atomic E-state index is -0.369. The number of rotatable bonds is 6. The Morgan fingerprint density at radius 2 is 1.74 bits per heavy atom. The van der Waals surface area contributed by atoms with Crippen LogP contribution in [0.3, 0.4) is 0 Å². The average molecular weight is 363 g/mol. The lowest BCUT2D eigenvalue weighted by molar-refractivity contribution is 0.0943. The first kappa shape index (κ1) is 18.4. The van der Waals surface area contributed by atoms with Gasteiger partial charge in [-0.25, -0.2) is 4.98 Å². The van der Waals surface area contributed by atoms with Crippen LogP contribution in [0.5, 0.6) is 0 Å². The molecule has 0 unspecified atom stereocenters. The molecule has 0 bridgehead atoms. The number of amides is 2. The van der Waals surface area contributed by atoms with Crippen molar-refractivity contribution in [1.82, 2.24) is 10.3 Å². The van der Waals surface area contributed by atoms with Gasteiger partial charge in [-0.05, 0) is 48.7 Å². The van der Waals surface area contributed by atoms with Crippen LogP contribution in [0, 0.1) is 6.92 Å². The number of carbonyl (C=O) groups excluding carboxylic acids is 2. The molecular formula is C21H21N3O3. The van der Waals surface area contributed by atoms with Gasteiger partial charge in [0.25, 0.3) is 11.8 Å². The first-order chi connectivity index (χ1) is 13.1. The first-order valence-corrected chi connectivity index (χ1v) is 8.76. The maximum absolute atomic E-state index is 12.6. The zero-order chi connectivity index (χ0) is 19.2. The van der Waals surface area contributed by atoms with Gasteiger partial charge in [0.1, 0.15) is 17.1 Å². The number of aromatic nitrogens is 1. The second kappa shape index (κ2) is 8.31. The van der Waals surface area contributed by atoms with Gasteiger partial charge in [0.15, 0.2) is 0 Å². The zero-order valence-electron chi connectivity index (χ0n) is 15.3. The maximum Gasteiger partial charge on any atom is 0.274 e. The number of para-hydroxylation sites is 1. The Balaban J connectivity index is 1.73. The highest BCUT2D eigenvalue weighted by Crippen LogP contribution is 2.21. The van der Waals surface area contributed by atoms with Crippen LogP contribution in [0.1, 0.15) is 44.8 Å². The zero-order valence-corrected chi connectivity index (χ0v) is 15.3. The van der Waals surface area contributed by atoms with Gasteiger partial charge in [-0.2, -0.15) is 0 Å². The summed E-state index contributed by atoms with van der Waals surface area (Å²) in [5, 5.41) is 5.64. The number of furan rings is 1. The summed E-state index contributed by atoms with van der Waals surface area (Å²) in [4.78, 5) is 29.1. The monoisotopic (exact) mass is 363 g/mol. The van der Waals surface area contributed by atoms with Crippen molar-refractivity contribution < 1.29 is 14.0 Å². The number of nitrogens with one attached hydrogen (secondary N) is 2. The van der Waals surface area contributed by atoms with Crippen LogP contribution in [-0.4, -0.2) is 16.8 Å². The molecule has 0 saturated carbocycles. The number of hydrogen-bond donors (Lipinski definition) is 2. The van der Waals surface area contributed by atoms with E-state index in [1.165, 1.54) is 0 Å². The molecule has 2 amide bonds. The largest absolute Gasteiger partial charge is 0.467 e. The molecule has 0 radical (unpaired) electrons. The summed E-state index contributed by atoms with van der Waals surface area (Å²) in [5.41, 5.74) is 3.19. The molecule has 3 rings (SSSR count). The van der Waals surface area contributed by atoms with Crippen LogP contribution in [-0.2, 0) is 13.0 Å². The normalized spacial score (nSPS) is 10.4. The van der Waals surface area contributed by atoms with Crippen LogP contribution in [0.2, 0.25) is 0 Å². The fourth-order valence-electron chi connectivity index (χ4n) is 2.74. The molecule has 138 valence electrons. The molecule has 2 heterocycles. The van der Waals surface area contributed by atoms with Crippen LogP contribution in [0.25, 0.3) is 0 Å². The molecule has 0 fully saturated rings.